The maximum absolute atomic E-state index is 10.5. The molecular formula is C6H6O2. The third kappa shape index (κ3) is 0.703. The van der Waals surface area contributed by atoms with E-state index in [-0.39, 0.29) is 5.78 Å². The lowest BCUT2D eigenvalue weighted by Gasteiger charge is -1.77. The van der Waals surface area contributed by atoms with E-state index in [0.717, 1.165) is 6.42 Å². The molecule has 0 unspecified atom stereocenters. The molecule has 0 aliphatic heterocycles. The molecule has 0 aromatic carbocycles. The van der Waals surface area contributed by atoms with Crippen LogP contribution in [0.4, 0.5) is 0 Å². The number of hydrogen-bond donors (Lipinski definition) is 0. The van der Waals surface area contributed by atoms with Gasteiger partial charge in [0.15, 0.2) is 5.78 Å². The zero-order valence-electron chi connectivity index (χ0n) is 4.44. The summed E-state index contributed by atoms with van der Waals surface area (Å²) in [6.07, 6.45) is 2.02. The smallest absolute Gasteiger partial charge is 0.169 e. The summed E-state index contributed by atoms with van der Waals surface area (Å²) in [5.41, 5.74) is 0.352. The third-order valence-corrected chi connectivity index (χ3v) is 1.29. The molecule has 0 radical (unpaired) electrons. The molecule has 0 atom stereocenters. The summed E-state index contributed by atoms with van der Waals surface area (Å²) in [6, 6.07) is 0. The summed E-state index contributed by atoms with van der Waals surface area (Å²) < 4.78 is 0. The van der Waals surface area contributed by atoms with Gasteiger partial charge in [0.1, 0.15) is 5.94 Å². The van der Waals surface area contributed by atoms with Gasteiger partial charge in [-0.05, 0) is 12.8 Å². The molecule has 8 heavy (non-hydrogen) atoms. The van der Waals surface area contributed by atoms with E-state index in [1.807, 2.05) is 0 Å². The van der Waals surface area contributed by atoms with E-state index in [4.69, 9.17) is 0 Å². The van der Waals surface area contributed by atoms with E-state index in [1.54, 1.807) is 5.94 Å². The molecule has 2 nitrogen and oxygen atoms in total. The molecule has 0 amide bonds. The van der Waals surface area contributed by atoms with Gasteiger partial charge in [-0.1, -0.05) is 0 Å². The average Bonchev–Trinajstić information content (AvgIpc) is 2.14. The lowest BCUT2D eigenvalue weighted by molar-refractivity contribution is -0.114. The van der Waals surface area contributed by atoms with Gasteiger partial charge in [-0.3, -0.25) is 4.79 Å². The predicted molar refractivity (Wildman–Crippen MR) is 28.1 cm³/mol. The van der Waals surface area contributed by atoms with E-state index in [0.29, 0.717) is 18.4 Å². The van der Waals surface area contributed by atoms with E-state index in [1.165, 1.54) is 0 Å². The molecule has 1 saturated carbocycles. The van der Waals surface area contributed by atoms with Crippen molar-refractivity contribution in [2.45, 2.75) is 19.3 Å². The van der Waals surface area contributed by atoms with E-state index in [2.05, 4.69) is 0 Å². The highest BCUT2D eigenvalue weighted by molar-refractivity contribution is 6.03. The fourth-order valence-electron chi connectivity index (χ4n) is 0.824. The minimum atomic E-state index is -0.0139. The molecule has 1 aliphatic carbocycles. The molecule has 1 fully saturated rings. The van der Waals surface area contributed by atoms with E-state index in [9.17, 15) is 9.59 Å². The van der Waals surface area contributed by atoms with Gasteiger partial charge in [0.05, 0.1) is 5.57 Å². The van der Waals surface area contributed by atoms with Crippen molar-refractivity contribution >= 4 is 11.7 Å². The molecule has 0 heterocycles. The summed E-state index contributed by atoms with van der Waals surface area (Å²) >= 11 is 0. The summed E-state index contributed by atoms with van der Waals surface area (Å²) in [4.78, 5) is 20.3. The Morgan fingerprint density at radius 1 is 1.38 bits per heavy atom. The zero-order valence-corrected chi connectivity index (χ0v) is 4.44. The molecule has 42 valence electrons. The van der Waals surface area contributed by atoms with Crippen molar-refractivity contribution in [3.8, 4) is 0 Å². The summed E-state index contributed by atoms with van der Waals surface area (Å²) in [6.45, 7) is 0. The van der Waals surface area contributed by atoms with Crippen LogP contribution in [0.15, 0.2) is 5.57 Å². The van der Waals surface area contributed by atoms with Gasteiger partial charge in [0, 0.05) is 6.42 Å². The van der Waals surface area contributed by atoms with Crippen LogP contribution in [0.5, 0.6) is 0 Å². The number of allylic oxidation sites excluding steroid dienone is 1. The SMILES string of the molecule is O=C=C1CCCC1=O. The number of carbonyl (C=O) groups excluding carboxylic acids is 2. The summed E-state index contributed by atoms with van der Waals surface area (Å²) in [5, 5.41) is 0. The predicted octanol–water partition coefficient (Wildman–Crippen LogP) is 0.497. The molecule has 1 aliphatic rings. The normalized spacial score (nSPS) is 19.0. The quantitative estimate of drug-likeness (QED) is 0.336. The van der Waals surface area contributed by atoms with Crippen molar-refractivity contribution in [3.63, 3.8) is 0 Å². The Morgan fingerprint density at radius 3 is 2.38 bits per heavy atom. The van der Waals surface area contributed by atoms with Gasteiger partial charge in [0.2, 0.25) is 0 Å². The molecule has 0 aromatic rings. The number of ketones is 1. The molecule has 2 heteroatoms. The van der Waals surface area contributed by atoms with Crippen LogP contribution in [0.3, 0.4) is 0 Å². The van der Waals surface area contributed by atoms with Crippen LogP contribution in [-0.2, 0) is 9.59 Å². The van der Waals surface area contributed by atoms with E-state index < -0.39 is 0 Å². The standard InChI is InChI=1S/C6H6O2/c7-4-5-2-1-3-6(5)8/h1-3H2. The van der Waals surface area contributed by atoms with Crippen molar-refractivity contribution in [1.82, 2.24) is 0 Å². The van der Waals surface area contributed by atoms with Gasteiger partial charge in [0.25, 0.3) is 0 Å². The number of Topliss-reactive ketones (excluding diaryl/α,β-unsaturated/α-hetero) is 1. The van der Waals surface area contributed by atoms with Gasteiger partial charge in [-0.25, -0.2) is 4.79 Å². The Kier molecular flexibility index (Phi) is 1.27. The molecule has 0 spiro atoms. The molecule has 0 bridgehead atoms. The maximum atomic E-state index is 10.5. The van der Waals surface area contributed by atoms with Gasteiger partial charge in [-0.15, -0.1) is 0 Å². The van der Waals surface area contributed by atoms with Crippen LogP contribution in [0, 0.1) is 0 Å². The Bertz CT molecular complexity index is 163. The average molecular weight is 110 g/mol. The first-order chi connectivity index (χ1) is 3.84. The molecule has 0 aromatic heterocycles. The Hall–Kier alpha value is -0.880. The maximum Gasteiger partial charge on any atom is 0.169 e. The Morgan fingerprint density at radius 2 is 2.12 bits per heavy atom. The highest BCUT2D eigenvalue weighted by Crippen LogP contribution is 2.16. The van der Waals surface area contributed by atoms with Crippen LogP contribution in [0.25, 0.3) is 0 Å². The van der Waals surface area contributed by atoms with Crippen molar-refractivity contribution < 1.29 is 9.59 Å². The topological polar surface area (TPSA) is 34.1 Å². The van der Waals surface area contributed by atoms with Crippen LogP contribution >= 0.6 is 0 Å². The largest absolute Gasteiger partial charge is 0.294 e. The Balaban J connectivity index is 2.84. The second-order valence-electron chi connectivity index (χ2n) is 1.86. The number of hydrogen-bond acceptors (Lipinski definition) is 2. The molecule has 0 saturated heterocycles. The van der Waals surface area contributed by atoms with Gasteiger partial charge in [-0.2, -0.15) is 0 Å². The van der Waals surface area contributed by atoms with Crippen LogP contribution in [0.2, 0.25) is 0 Å². The second-order valence-corrected chi connectivity index (χ2v) is 1.86. The minimum absolute atomic E-state index is 0.0139. The molecule has 0 N–H and O–H groups in total. The number of rotatable bonds is 0. The monoisotopic (exact) mass is 110 g/mol. The number of carbonyl (C=O) groups is 1. The van der Waals surface area contributed by atoms with Crippen molar-refractivity contribution in [2.75, 3.05) is 0 Å². The van der Waals surface area contributed by atoms with Gasteiger partial charge < -0.3 is 0 Å². The summed E-state index contributed by atoms with van der Waals surface area (Å²) in [7, 11) is 0. The first kappa shape index (κ1) is 5.26. The second kappa shape index (κ2) is 1.93. The summed E-state index contributed by atoms with van der Waals surface area (Å²) in [5.74, 6) is 1.62. The first-order valence-electron chi connectivity index (χ1n) is 2.62. The molecule has 1 rings (SSSR count). The van der Waals surface area contributed by atoms with Crippen molar-refractivity contribution in [2.24, 2.45) is 0 Å². The third-order valence-electron chi connectivity index (χ3n) is 1.29. The highest BCUT2D eigenvalue weighted by Gasteiger charge is 2.16. The fourth-order valence-corrected chi connectivity index (χ4v) is 0.824. The lowest BCUT2D eigenvalue weighted by Crippen LogP contribution is -1.90. The van der Waals surface area contributed by atoms with E-state index >= 15 is 0 Å². The van der Waals surface area contributed by atoms with Crippen LogP contribution in [-0.4, -0.2) is 11.7 Å². The minimum Gasteiger partial charge on any atom is -0.294 e. The van der Waals surface area contributed by atoms with Gasteiger partial charge >= 0.3 is 0 Å². The molecular weight excluding hydrogens is 104 g/mol. The first-order valence-corrected chi connectivity index (χ1v) is 2.62. The zero-order chi connectivity index (χ0) is 5.98. The van der Waals surface area contributed by atoms with Crippen LogP contribution in [0.1, 0.15) is 19.3 Å². The lowest BCUT2D eigenvalue weighted by atomic mass is 10.2. The van der Waals surface area contributed by atoms with Crippen molar-refractivity contribution in [1.29, 1.82) is 0 Å². The Labute approximate surface area is 47.2 Å². The fraction of sp³-hybridized carbons (Fsp3) is 0.500. The highest BCUT2D eigenvalue weighted by atomic mass is 16.1. The van der Waals surface area contributed by atoms with Crippen molar-refractivity contribution in [3.05, 3.63) is 5.57 Å². The van der Waals surface area contributed by atoms with Crippen LogP contribution < -0.4 is 0 Å².